The highest BCUT2D eigenvalue weighted by molar-refractivity contribution is 5.94. The van der Waals surface area contributed by atoms with Crippen molar-refractivity contribution in [3.63, 3.8) is 0 Å². The Hall–Kier alpha value is -2.63. The first-order valence-electron chi connectivity index (χ1n) is 8.04. The van der Waals surface area contributed by atoms with E-state index in [1.54, 1.807) is 41.8 Å². The maximum Gasteiger partial charge on any atom is 0.311 e. The van der Waals surface area contributed by atoms with E-state index in [0.29, 0.717) is 18.7 Å². The highest BCUT2D eigenvalue weighted by Crippen LogP contribution is 2.21. The third kappa shape index (κ3) is 3.64. The van der Waals surface area contributed by atoms with Crippen LogP contribution in [0.15, 0.2) is 41.3 Å². The Morgan fingerprint density at radius 3 is 2.83 bits per heavy atom. The molecule has 1 atom stereocenters. The highest BCUT2D eigenvalue weighted by atomic mass is 16.5. The molecule has 6 heteroatoms. The number of rotatable bonds is 4. The van der Waals surface area contributed by atoms with E-state index in [4.69, 9.17) is 9.15 Å². The van der Waals surface area contributed by atoms with Crippen LogP contribution in [0.3, 0.4) is 0 Å². The van der Waals surface area contributed by atoms with Gasteiger partial charge in [-0.1, -0.05) is 0 Å². The first-order valence-corrected chi connectivity index (χ1v) is 8.04. The van der Waals surface area contributed by atoms with Crippen LogP contribution in [0.2, 0.25) is 0 Å². The van der Waals surface area contributed by atoms with Crippen molar-refractivity contribution in [3.8, 4) is 0 Å². The van der Waals surface area contributed by atoms with Crippen LogP contribution in [0.25, 0.3) is 0 Å². The molecule has 0 N–H and O–H groups in total. The Bertz CT molecular complexity index is 711. The van der Waals surface area contributed by atoms with Gasteiger partial charge in [-0.15, -0.1) is 0 Å². The van der Waals surface area contributed by atoms with Crippen molar-refractivity contribution in [1.29, 1.82) is 0 Å². The van der Waals surface area contributed by atoms with E-state index in [1.807, 2.05) is 6.92 Å². The maximum absolute atomic E-state index is 12.5. The zero-order chi connectivity index (χ0) is 16.9. The molecule has 2 aromatic heterocycles. The summed E-state index contributed by atoms with van der Waals surface area (Å²) in [6, 6.07) is 5.17. The second-order valence-corrected chi connectivity index (χ2v) is 5.94. The summed E-state index contributed by atoms with van der Waals surface area (Å²) >= 11 is 0. The van der Waals surface area contributed by atoms with Gasteiger partial charge < -0.3 is 14.1 Å². The fourth-order valence-corrected chi connectivity index (χ4v) is 2.86. The van der Waals surface area contributed by atoms with Gasteiger partial charge in [0.2, 0.25) is 0 Å². The van der Waals surface area contributed by atoms with Gasteiger partial charge in [0.05, 0.1) is 12.2 Å². The predicted octanol–water partition coefficient (Wildman–Crippen LogP) is 2.58. The third-order valence-electron chi connectivity index (χ3n) is 4.31. The Morgan fingerprint density at radius 1 is 1.33 bits per heavy atom. The van der Waals surface area contributed by atoms with Gasteiger partial charge >= 0.3 is 5.97 Å². The molecule has 0 radical (unpaired) electrons. The molecule has 2 aromatic rings. The van der Waals surface area contributed by atoms with Crippen molar-refractivity contribution in [2.75, 3.05) is 13.1 Å². The minimum atomic E-state index is -0.281. The van der Waals surface area contributed by atoms with Gasteiger partial charge in [-0.05, 0) is 38.0 Å². The molecule has 1 amide bonds. The van der Waals surface area contributed by atoms with Gasteiger partial charge in [-0.3, -0.25) is 14.6 Å². The van der Waals surface area contributed by atoms with E-state index in [2.05, 4.69) is 4.98 Å². The maximum atomic E-state index is 12.5. The van der Waals surface area contributed by atoms with Crippen molar-refractivity contribution in [2.45, 2.75) is 26.4 Å². The summed E-state index contributed by atoms with van der Waals surface area (Å²) in [5.74, 6) is 0.140. The number of pyridine rings is 1. The molecule has 0 spiro atoms. The topological polar surface area (TPSA) is 72.6 Å². The SMILES string of the molecule is Cc1occc1COC(=O)C1CCCN(C(=O)c2ccncc2)C1. The molecule has 1 unspecified atom stereocenters. The predicted molar refractivity (Wildman–Crippen MR) is 86.1 cm³/mol. The Balaban J connectivity index is 1.58. The van der Waals surface area contributed by atoms with Gasteiger partial charge in [0, 0.05) is 36.6 Å². The number of nitrogens with zero attached hydrogens (tertiary/aromatic N) is 2. The largest absolute Gasteiger partial charge is 0.469 e. The molecule has 24 heavy (non-hydrogen) atoms. The molecule has 6 nitrogen and oxygen atoms in total. The van der Waals surface area contributed by atoms with Crippen LogP contribution in [0.4, 0.5) is 0 Å². The summed E-state index contributed by atoms with van der Waals surface area (Å²) in [5.41, 5.74) is 1.46. The zero-order valence-electron chi connectivity index (χ0n) is 13.6. The fourth-order valence-electron chi connectivity index (χ4n) is 2.86. The molecule has 1 aliphatic rings. The lowest BCUT2D eigenvalue weighted by Gasteiger charge is -2.31. The number of aryl methyl sites for hydroxylation is 1. The van der Waals surface area contributed by atoms with E-state index in [9.17, 15) is 9.59 Å². The molecule has 0 aliphatic carbocycles. The van der Waals surface area contributed by atoms with Crippen LogP contribution in [-0.2, 0) is 16.1 Å². The number of hydrogen-bond donors (Lipinski definition) is 0. The van der Waals surface area contributed by atoms with Crippen LogP contribution < -0.4 is 0 Å². The highest BCUT2D eigenvalue weighted by Gasteiger charge is 2.30. The number of hydrogen-bond acceptors (Lipinski definition) is 5. The minimum Gasteiger partial charge on any atom is -0.469 e. The third-order valence-corrected chi connectivity index (χ3v) is 4.31. The number of likely N-dealkylation sites (tertiary alicyclic amines) is 1. The zero-order valence-corrected chi connectivity index (χ0v) is 13.6. The number of furan rings is 1. The molecule has 1 fully saturated rings. The summed E-state index contributed by atoms with van der Waals surface area (Å²) in [7, 11) is 0. The van der Waals surface area contributed by atoms with E-state index in [1.165, 1.54) is 0 Å². The van der Waals surface area contributed by atoms with Crippen molar-refractivity contribution in [1.82, 2.24) is 9.88 Å². The van der Waals surface area contributed by atoms with Crippen LogP contribution in [0.5, 0.6) is 0 Å². The number of carbonyl (C=O) groups excluding carboxylic acids is 2. The molecule has 126 valence electrons. The molecule has 0 aromatic carbocycles. The normalized spacial score (nSPS) is 17.5. The molecular weight excluding hydrogens is 308 g/mol. The molecule has 1 aliphatic heterocycles. The average Bonchev–Trinajstić information content (AvgIpc) is 3.05. The smallest absolute Gasteiger partial charge is 0.311 e. The Kier molecular flexibility index (Phi) is 4.93. The van der Waals surface area contributed by atoms with Crippen molar-refractivity contribution in [2.24, 2.45) is 5.92 Å². The van der Waals surface area contributed by atoms with Gasteiger partial charge in [-0.2, -0.15) is 0 Å². The number of esters is 1. The molecule has 3 rings (SSSR count). The molecular formula is C18H20N2O4. The molecule has 0 bridgehead atoms. The van der Waals surface area contributed by atoms with Gasteiger partial charge in [0.25, 0.3) is 5.91 Å². The first kappa shape index (κ1) is 16.2. The van der Waals surface area contributed by atoms with Gasteiger partial charge in [-0.25, -0.2) is 0 Å². The molecule has 3 heterocycles. The van der Waals surface area contributed by atoms with E-state index in [-0.39, 0.29) is 24.4 Å². The van der Waals surface area contributed by atoms with E-state index >= 15 is 0 Å². The van der Waals surface area contributed by atoms with E-state index in [0.717, 1.165) is 24.2 Å². The summed E-state index contributed by atoms with van der Waals surface area (Å²) in [4.78, 5) is 30.4. The number of piperidine rings is 1. The first-order chi connectivity index (χ1) is 11.6. The minimum absolute atomic E-state index is 0.0689. The summed E-state index contributed by atoms with van der Waals surface area (Å²) in [6.45, 7) is 3.09. The second-order valence-electron chi connectivity index (χ2n) is 5.94. The summed E-state index contributed by atoms with van der Waals surface area (Å²) < 4.78 is 10.6. The quantitative estimate of drug-likeness (QED) is 0.807. The lowest BCUT2D eigenvalue weighted by Crippen LogP contribution is -2.42. The van der Waals surface area contributed by atoms with Crippen molar-refractivity contribution in [3.05, 3.63) is 53.7 Å². The number of carbonyl (C=O) groups is 2. The van der Waals surface area contributed by atoms with Crippen LogP contribution in [0.1, 0.15) is 34.5 Å². The lowest BCUT2D eigenvalue weighted by atomic mass is 9.97. The van der Waals surface area contributed by atoms with Crippen LogP contribution in [0, 0.1) is 12.8 Å². The monoisotopic (exact) mass is 328 g/mol. The summed E-state index contributed by atoms with van der Waals surface area (Å²) in [5, 5.41) is 0. The van der Waals surface area contributed by atoms with Gasteiger partial charge in [0.15, 0.2) is 0 Å². The molecule has 1 saturated heterocycles. The number of aromatic nitrogens is 1. The fraction of sp³-hybridized carbons (Fsp3) is 0.389. The summed E-state index contributed by atoms with van der Waals surface area (Å²) in [6.07, 6.45) is 6.30. The lowest BCUT2D eigenvalue weighted by molar-refractivity contribution is -0.151. The van der Waals surface area contributed by atoms with E-state index < -0.39 is 0 Å². The van der Waals surface area contributed by atoms with Gasteiger partial charge in [0.1, 0.15) is 12.4 Å². The standard InChI is InChI=1S/C18H20N2O4/c1-13-16(6-10-23-13)12-24-18(22)15-3-2-9-20(11-15)17(21)14-4-7-19-8-5-14/h4-8,10,15H,2-3,9,11-12H2,1H3. The second kappa shape index (κ2) is 7.29. The number of ether oxygens (including phenoxy) is 1. The number of amides is 1. The average molecular weight is 328 g/mol. The van der Waals surface area contributed by atoms with Crippen molar-refractivity contribution < 1.29 is 18.7 Å². The molecule has 0 saturated carbocycles. The van der Waals surface area contributed by atoms with Crippen molar-refractivity contribution >= 4 is 11.9 Å². The van der Waals surface area contributed by atoms with Crippen LogP contribution >= 0.6 is 0 Å². The Labute approximate surface area is 140 Å². The Morgan fingerprint density at radius 2 is 2.12 bits per heavy atom. The van der Waals surface area contributed by atoms with Crippen LogP contribution in [-0.4, -0.2) is 34.8 Å².